The third kappa shape index (κ3) is 15.6. The number of ether oxygens (including phenoxy) is 4. The fourth-order valence-corrected chi connectivity index (χ4v) is 1.12. The first-order chi connectivity index (χ1) is 9.16. The number of rotatable bonds is 12. The van der Waals surface area contributed by atoms with E-state index in [1.807, 2.05) is 0 Å². The van der Waals surface area contributed by atoms with Gasteiger partial charge >= 0.3 is 5.97 Å². The minimum absolute atomic E-state index is 0.00590. The minimum atomic E-state index is -0.610. The average Bonchev–Trinajstić information content (AvgIpc) is 2.35. The molecule has 0 bridgehead atoms. The van der Waals surface area contributed by atoms with Crippen LogP contribution in [0.2, 0.25) is 0 Å². The van der Waals surface area contributed by atoms with Gasteiger partial charge in [0, 0.05) is 0 Å². The molecule has 0 amide bonds. The van der Waals surface area contributed by atoms with Gasteiger partial charge in [0.05, 0.1) is 52.3 Å². The molecule has 0 saturated heterocycles. The maximum atomic E-state index is 10.9. The monoisotopic (exact) mass is 316 g/mol. The summed E-state index contributed by atoms with van der Waals surface area (Å²) in [5.41, 5.74) is 0. The summed E-state index contributed by atoms with van der Waals surface area (Å²) in [6, 6.07) is 0. The van der Waals surface area contributed by atoms with Crippen LogP contribution in [0.15, 0.2) is 10.6 Å². The van der Waals surface area contributed by atoms with E-state index in [1.54, 1.807) is 0 Å². The highest BCUT2D eigenvalue weighted by atomic mass is 35.5. The second-order valence-corrected chi connectivity index (χ2v) is 4.17. The van der Waals surface area contributed by atoms with Crippen molar-refractivity contribution < 1.29 is 28.8 Å². The number of hydrogen-bond donors (Lipinski definition) is 1. The predicted octanol–water partition coefficient (Wildman–Crippen LogP) is 0.891. The largest absolute Gasteiger partial charge is 0.460 e. The molecule has 19 heavy (non-hydrogen) atoms. The first-order valence-electron chi connectivity index (χ1n) is 5.70. The summed E-state index contributed by atoms with van der Waals surface area (Å²) in [7, 11) is 0. The van der Waals surface area contributed by atoms with Crippen LogP contribution < -0.4 is 0 Å². The van der Waals surface area contributed by atoms with Crippen molar-refractivity contribution in [1.82, 2.24) is 0 Å². The smallest absolute Gasteiger partial charge is 0.333 e. The Kier molecular flexibility index (Phi) is 13.8. The highest BCUT2D eigenvalue weighted by Gasteiger charge is 1.99. The van der Waals surface area contributed by atoms with E-state index in [1.165, 1.54) is 0 Å². The standard InChI is InChI=1S/C11H18Cl2O6/c12-10(13)9-11(15)19-8-7-18-6-5-17-4-3-16-2-1-14/h9,14H,1-8H2. The van der Waals surface area contributed by atoms with E-state index in [4.69, 9.17) is 47.3 Å². The Balaban J connectivity index is 3.15. The van der Waals surface area contributed by atoms with Crippen LogP contribution >= 0.6 is 23.2 Å². The SMILES string of the molecule is O=C(C=C(Cl)Cl)OCCOCCOCCOCCO. The molecule has 0 aromatic carbocycles. The Hall–Kier alpha value is -0.370. The molecule has 0 aliphatic heterocycles. The second-order valence-electron chi connectivity index (χ2n) is 3.16. The van der Waals surface area contributed by atoms with Crippen LogP contribution in [0.25, 0.3) is 0 Å². The fourth-order valence-electron chi connectivity index (χ4n) is 0.938. The van der Waals surface area contributed by atoms with E-state index in [0.29, 0.717) is 33.0 Å². The second kappa shape index (κ2) is 14.0. The maximum Gasteiger partial charge on any atom is 0.333 e. The Morgan fingerprint density at radius 1 is 0.895 bits per heavy atom. The van der Waals surface area contributed by atoms with Gasteiger partial charge in [0.1, 0.15) is 11.1 Å². The topological polar surface area (TPSA) is 74.2 Å². The number of aliphatic hydroxyl groups excluding tert-OH is 1. The van der Waals surface area contributed by atoms with Gasteiger partial charge in [-0.05, 0) is 0 Å². The quantitative estimate of drug-likeness (QED) is 0.327. The summed E-state index contributed by atoms with van der Waals surface area (Å²) in [6.45, 7) is 2.40. The first-order valence-corrected chi connectivity index (χ1v) is 6.46. The summed E-state index contributed by atoms with van der Waals surface area (Å²) in [5.74, 6) is -0.610. The fraction of sp³-hybridized carbons (Fsp3) is 0.727. The molecule has 1 N–H and O–H groups in total. The van der Waals surface area contributed by atoms with Crippen LogP contribution in [-0.4, -0.2) is 63.9 Å². The lowest BCUT2D eigenvalue weighted by Gasteiger charge is -2.06. The van der Waals surface area contributed by atoms with Gasteiger partial charge < -0.3 is 24.1 Å². The van der Waals surface area contributed by atoms with Crippen LogP contribution in [0, 0.1) is 0 Å². The third-order valence-corrected chi connectivity index (χ3v) is 1.90. The molecule has 8 heteroatoms. The highest BCUT2D eigenvalue weighted by molar-refractivity contribution is 6.56. The molecule has 0 aliphatic carbocycles. The summed E-state index contributed by atoms with van der Waals surface area (Å²) >= 11 is 10.5. The lowest BCUT2D eigenvalue weighted by Crippen LogP contribution is -2.13. The van der Waals surface area contributed by atoms with Gasteiger partial charge in [-0.25, -0.2) is 4.79 Å². The van der Waals surface area contributed by atoms with Gasteiger partial charge in [0.2, 0.25) is 0 Å². The predicted molar refractivity (Wildman–Crippen MR) is 70.3 cm³/mol. The molecule has 0 rings (SSSR count). The van der Waals surface area contributed by atoms with E-state index in [-0.39, 0.29) is 24.3 Å². The zero-order chi connectivity index (χ0) is 14.3. The van der Waals surface area contributed by atoms with Gasteiger partial charge in [-0.2, -0.15) is 0 Å². The van der Waals surface area contributed by atoms with Crippen LogP contribution in [0.4, 0.5) is 0 Å². The zero-order valence-corrected chi connectivity index (χ0v) is 12.0. The zero-order valence-electron chi connectivity index (χ0n) is 10.5. The molecule has 0 fully saturated rings. The number of aliphatic hydroxyl groups is 1. The molecular formula is C11H18Cl2O6. The van der Waals surface area contributed by atoms with E-state index in [9.17, 15) is 4.79 Å². The van der Waals surface area contributed by atoms with Crippen molar-refractivity contribution in [3.8, 4) is 0 Å². The molecular weight excluding hydrogens is 299 g/mol. The molecule has 0 aromatic rings. The lowest BCUT2D eigenvalue weighted by molar-refractivity contribution is -0.139. The molecule has 6 nitrogen and oxygen atoms in total. The molecule has 0 saturated carbocycles. The molecule has 0 aliphatic rings. The minimum Gasteiger partial charge on any atom is -0.460 e. The van der Waals surface area contributed by atoms with Crippen LogP contribution in [-0.2, 0) is 23.7 Å². The molecule has 0 heterocycles. The van der Waals surface area contributed by atoms with Gasteiger partial charge in [-0.3, -0.25) is 0 Å². The van der Waals surface area contributed by atoms with Crippen molar-refractivity contribution in [2.75, 3.05) is 52.9 Å². The van der Waals surface area contributed by atoms with Crippen LogP contribution in [0.1, 0.15) is 0 Å². The molecule has 0 atom stereocenters. The van der Waals surface area contributed by atoms with Crippen molar-refractivity contribution >= 4 is 29.2 Å². The van der Waals surface area contributed by atoms with Crippen molar-refractivity contribution in [3.63, 3.8) is 0 Å². The van der Waals surface area contributed by atoms with E-state index < -0.39 is 5.97 Å². The average molecular weight is 317 g/mol. The highest BCUT2D eigenvalue weighted by Crippen LogP contribution is 2.05. The van der Waals surface area contributed by atoms with Crippen LogP contribution in [0.5, 0.6) is 0 Å². The van der Waals surface area contributed by atoms with E-state index >= 15 is 0 Å². The van der Waals surface area contributed by atoms with Gasteiger partial charge in [0.25, 0.3) is 0 Å². The number of carbonyl (C=O) groups is 1. The molecule has 112 valence electrons. The summed E-state index contributed by atoms with van der Waals surface area (Å²) in [4.78, 5) is 10.9. The first kappa shape index (κ1) is 18.6. The van der Waals surface area contributed by atoms with Crippen molar-refractivity contribution in [3.05, 3.63) is 10.6 Å². The Bertz CT molecular complexity index is 256. The summed E-state index contributed by atoms with van der Waals surface area (Å²) in [6.07, 6.45) is 0.971. The van der Waals surface area contributed by atoms with Crippen molar-refractivity contribution in [2.24, 2.45) is 0 Å². The van der Waals surface area contributed by atoms with E-state index in [2.05, 4.69) is 0 Å². The number of carbonyl (C=O) groups excluding carboxylic acids is 1. The molecule has 0 unspecified atom stereocenters. The Morgan fingerprint density at radius 3 is 1.84 bits per heavy atom. The summed E-state index contributed by atoms with van der Waals surface area (Å²) in [5, 5.41) is 8.44. The molecule has 0 aromatic heterocycles. The van der Waals surface area contributed by atoms with E-state index in [0.717, 1.165) is 6.08 Å². The van der Waals surface area contributed by atoms with Crippen LogP contribution in [0.3, 0.4) is 0 Å². The van der Waals surface area contributed by atoms with Crippen molar-refractivity contribution in [2.45, 2.75) is 0 Å². The normalized spacial score (nSPS) is 10.3. The third-order valence-electron chi connectivity index (χ3n) is 1.68. The van der Waals surface area contributed by atoms with Gasteiger partial charge in [0.15, 0.2) is 0 Å². The molecule has 0 radical (unpaired) electrons. The van der Waals surface area contributed by atoms with Gasteiger partial charge in [-0.15, -0.1) is 0 Å². The number of halogens is 2. The Labute approximate surface area is 122 Å². The lowest BCUT2D eigenvalue weighted by atomic mass is 10.6. The Morgan fingerprint density at radius 2 is 1.37 bits per heavy atom. The molecule has 0 spiro atoms. The van der Waals surface area contributed by atoms with Gasteiger partial charge in [-0.1, -0.05) is 23.2 Å². The number of hydrogen-bond acceptors (Lipinski definition) is 6. The maximum absolute atomic E-state index is 10.9. The van der Waals surface area contributed by atoms with Crippen molar-refractivity contribution in [1.29, 1.82) is 0 Å². The number of esters is 1. The summed E-state index contributed by atoms with van der Waals surface area (Å²) < 4.78 is 19.9.